The third-order valence-corrected chi connectivity index (χ3v) is 4.84. The van der Waals surface area contributed by atoms with Crippen molar-refractivity contribution in [1.29, 1.82) is 0 Å². The van der Waals surface area contributed by atoms with Gasteiger partial charge >= 0.3 is 0 Å². The van der Waals surface area contributed by atoms with Crippen LogP contribution in [-0.2, 0) is 9.84 Å². The van der Waals surface area contributed by atoms with Crippen LogP contribution in [0.1, 0.15) is 25.7 Å². The number of para-hydroxylation sites is 1. The Morgan fingerprint density at radius 2 is 2.11 bits per heavy atom. The third-order valence-electron chi connectivity index (χ3n) is 3.69. The normalized spacial score (nSPS) is 19.9. The molecule has 0 bridgehead atoms. The number of hydrogen-bond acceptors (Lipinski definition) is 4. The van der Waals surface area contributed by atoms with Crippen LogP contribution in [0.2, 0.25) is 0 Å². The molecule has 0 aromatic heterocycles. The summed E-state index contributed by atoms with van der Waals surface area (Å²) in [5.74, 6) is 0. The lowest BCUT2D eigenvalue weighted by molar-refractivity contribution is 0.580. The molecule has 0 saturated carbocycles. The Balaban J connectivity index is 2.31. The number of nitrogens with zero attached hydrogens (tertiary/aromatic N) is 1. The number of nitrogens with two attached hydrogens (primary N) is 1. The number of anilines is 1. The molecule has 1 aliphatic rings. The van der Waals surface area contributed by atoms with E-state index < -0.39 is 9.84 Å². The summed E-state index contributed by atoms with van der Waals surface area (Å²) >= 11 is 0. The predicted molar refractivity (Wildman–Crippen MR) is 78.2 cm³/mol. The van der Waals surface area contributed by atoms with Gasteiger partial charge in [0.25, 0.3) is 0 Å². The molecule has 106 valence electrons. The number of rotatable bonds is 5. The molecule has 1 saturated heterocycles. The molecule has 1 aliphatic heterocycles. The van der Waals surface area contributed by atoms with E-state index in [-0.39, 0.29) is 0 Å². The first kappa shape index (κ1) is 14.3. The van der Waals surface area contributed by atoms with Crippen LogP contribution >= 0.6 is 0 Å². The molecule has 1 aromatic carbocycles. The first-order valence-corrected chi connectivity index (χ1v) is 8.69. The standard InChI is InChI=1S/C14H22N2O2S/c1-19(17,18)14-9-3-2-8-13(14)16-11-5-7-12(16)6-4-10-15/h2-3,8-9,12H,4-7,10-11,15H2,1H3. The number of sulfone groups is 1. The van der Waals surface area contributed by atoms with Gasteiger partial charge in [-0.2, -0.15) is 0 Å². The van der Waals surface area contributed by atoms with Gasteiger partial charge in [0, 0.05) is 18.8 Å². The maximum atomic E-state index is 11.9. The van der Waals surface area contributed by atoms with E-state index in [0.717, 1.165) is 37.9 Å². The van der Waals surface area contributed by atoms with Gasteiger partial charge in [-0.3, -0.25) is 0 Å². The fraction of sp³-hybridized carbons (Fsp3) is 0.571. The zero-order valence-electron chi connectivity index (χ0n) is 11.4. The van der Waals surface area contributed by atoms with Gasteiger partial charge in [0.1, 0.15) is 0 Å². The second kappa shape index (κ2) is 5.92. The molecule has 19 heavy (non-hydrogen) atoms. The highest BCUT2D eigenvalue weighted by Crippen LogP contribution is 2.32. The lowest BCUT2D eigenvalue weighted by atomic mass is 10.1. The second-order valence-corrected chi connectivity index (χ2v) is 7.14. The average Bonchev–Trinajstić information content (AvgIpc) is 2.83. The van der Waals surface area contributed by atoms with Crippen molar-refractivity contribution in [1.82, 2.24) is 0 Å². The van der Waals surface area contributed by atoms with Crippen molar-refractivity contribution in [2.75, 3.05) is 24.2 Å². The lowest BCUT2D eigenvalue weighted by Gasteiger charge is -2.28. The lowest BCUT2D eigenvalue weighted by Crippen LogP contribution is -2.30. The van der Waals surface area contributed by atoms with Crippen LogP contribution < -0.4 is 10.6 Å². The summed E-state index contributed by atoms with van der Waals surface area (Å²) in [5.41, 5.74) is 6.43. The average molecular weight is 282 g/mol. The molecule has 5 heteroatoms. The molecule has 0 radical (unpaired) electrons. The first-order valence-electron chi connectivity index (χ1n) is 6.80. The van der Waals surface area contributed by atoms with Crippen molar-refractivity contribution in [2.24, 2.45) is 5.73 Å². The largest absolute Gasteiger partial charge is 0.367 e. The fourth-order valence-electron chi connectivity index (χ4n) is 2.81. The van der Waals surface area contributed by atoms with Crippen LogP contribution in [0.25, 0.3) is 0 Å². The Morgan fingerprint density at radius 1 is 1.37 bits per heavy atom. The molecule has 0 spiro atoms. The smallest absolute Gasteiger partial charge is 0.177 e. The summed E-state index contributed by atoms with van der Waals surface area (Å²) in [6, 6.07) is 7.72. The first-order chi connectivity index (χ1) is 9.04. The van der Waals surface area contributed by atoms with Crippen molar-refractivity contribution in [3.05, 3.63) is 24.3 Å². The Labute approximate surface area is 115 Å². The SMILES string of the molecule is CS(=O)(=O)c1ccccc1N1CCCC1CCCN. The van der Waals surface area contributed by atoms with Gasteiger partial charge in [0.15, 0.2) is 9.84 Å². The van der Waals surface area contributed by atoms with E-state index >= 15 is 0 Å². The van der Waals surface area contributed by atoms with Gasteiger partial charge in [0.2, 0.25) is 0 Å². The molecule has 1 heterocycles. The second-order valence-electron chi connectivity index (χ2n) is 5.16. The summed E-state index contributed by atoms with van der Waals surface area (Å²) in [7, 11) is -3.18. The monoisotopic (exact) mass is 282 g/mol. The Morgan fingerprint density at radius 3 is 2.79 bits per heavy atom. The Kier molecular flexibility index (Phi) is 4.47. The molecule has 1 unspecified atom stereocenters. The van der Waals surface area contributed by atoms with Crippen molar-refractivity contribution < 1.29 is 8.42 Å². The van der Waals surface area contributed by atoms with Crippen LogP contribution in [0.15, 0.2) is 29.2 Å². The van der Waals surface area contributed by atoms with Gasteiger partial charge in [-0.25, -0.2) is 8.42 Å². The topological polar surface area (TPSA) is 63.4 Å². The summed E-state index contributed by atoms with van der Waals surface area (Å²) in [6.45, 7) is 1.62. The Bertz CT molecular complexity index is 528. The van der Waals surface area contributed by atoms with Gasteiger partial charge < -0.3 is 10.6 Å². The minimum atomic E-state index is -3.18. The molecular weight excluding hydrogens is 260 g/mol. The molecule has 0 amide bonds. The Hall–Kier alpha value is -1.07. The maximum absolute atomic E-state index is 11.9. The van der Waals surface area contributed by atoms with Gasteiger partial charge in [-0.05, 0) is 44.4 Å². The summed E-state index contributed by atoms with van der Waals surface area (Å²) in [6.07, 6.45) is 5.54. The van der Waals surface area contributed by atoms with Crippen LogP contribution in [-0.4, -0.2) is 33.8 Å². The fourth-order valence-corrected chi connectivity index (χ4v) is 3.71. The molecule has 1 aromatic rings. The molecule has 4 nitrogen and oxygen atoms in total. The summed E-state index contributed by atoms with van der Waals surface area (Å²) < 4.78 is 23.8. The van der Waals surface area contributed by atoms with Crippen molar-refractivity contribution in [2.45, 2.75) is 36.6 Å². The summed E-state index contributed by atoms with van der Waals surface area (Å²) in [4.78, 5) is 2.68. The number of hydrogen-bond donors (Lipinski definition) is 1. The quantitative estimate of drug-likeness (QED) is 0.894. The molecule has 1 atom stereocenters. The van der Waals surface area contributed by atoms with E-state index in [1.54, 1.807) is 12.1 Å². The van der Waals surface area contributed by atoms with Crippen LogP contribution in [0.4, 0.5) is 5.69 Å². The third kappa shape index (κ3) is 3.28. The minimum Gasteiger partial charge on any atom is -0.367 e. The van der Waals surface area contributed by atoms with E-state index in [1.165, 1.54) is 6.26 Å². The van der Waals surface area contributed by atoms with Crippen LogP contribution in [0, 0.1) is 0 Å². The summed E-state index contributed by atoms with van der Waals surface area (Å²) in [5, 5.41) is 0. The predicted octanol–water partition coefficient (Wildman–Crippen LogP) is 1.80. The minimum absolute atomic E-state index is 0.423. The molecule has 1 fully saturated rings. The van der Waals surface area contributed by atoms with Crippen LogP contribution in [0.3, 0.4) is 0 Å². The zero-order valence-corrected chi connectivity index (χ0v) is 12.2. The van der Waals surface area contributed by atoms with E-state index in [9.17, 15) is 8.42 Å². The number of benzene rings is 1. The highest BCUT2D eigenvalue weighted by atomic mass is 32.2. The van der Waals surface area contributed by atoms with Crippen molar-refractivity contribution >= 4 is 15.5 Å². The molecular formula is C14H22N2O2S. The highest BCUT2D eigenvalue weighted by Gasteiger charge is 2.27. The molecule has 2 rings (SSSR count). The maximum Gasteiger partial charge on any atom is 0.177 e. The van der Waals surface area contributed by atoms with Crippen molar-refractivity contribution in [3.8, 4) is 0 Å². The van der Waals surface area contributed by atoms with E-state index in [0.29, 0.717) is 17.5 Å². The van der Waals surface area contributed by atoms with E-state index in [2.05, 4.69) is 4.90 Å². The van der Waals surface area contributed by atoms with Gasteiger partial charge in [-0.1, -0.05) is 12.1 Å². The molecule has 2 N–H and O–H groups in total. The van der Waals surface area contributed by atoms with Crippen molar-refractivity contribution in [3.63, 3.8) is 0 Å². The van der Waals surface area contributed by atoms with E-state index in [4.69, 9.17) is 5.73 Å². The molecule has 0 aliphatic carbocycles. The zero-order chi connectivity index (χ0) is 13.9. The van der Waals surface area contributed by atoms with E-state index in [1.807, 2.05) is 12.1 Å². The van der Waals surface area contributed by atoms with Crippen LogP contribution in [0.5, 0.6) is 0 Å². The van der Waals surface area contributed by atoms with Gasteiger partial charge in [-0.15, -0.1) is 0 Å². The van der Waals surface area contributed by atoms with Gasteiger partial charge in [0.05, 0.1) is 10.6 Å². The highest BCUT2D eigenvalue weighted by molar-refractivity contribution is 7.90.